The zero-order valence-corrected chi connectivity index (χ0v) is 14.6. The number of piperidine rings is 1. The van der Waals surface area contributed by atoms with Crippen LogP contribution in [0.25, 0.3) is 0 Å². The molecule has 0 aromatic carbocycles. The van der Waals surface area contributed by atoms with Crippen molar-refractivity contribution in [2.45, 2.75) is 76.9 Å². The van der Waals surface area contributed by atoms with E-state index in [1.807, 2.05) is 11.3 Å². The van der Waals surface area contributed by atoms with E-state index in [-0.39, 0.29) is 5.41 Å². The van der Waals surface area contributed by atoms with Gasteiger partial charge in [0.25, 0.3) is 0 Å². The summed E-state index contributed by atoms with van der Waals surface area (Å²) in [5.41, 5.74) is 0.290. The molecule has 1 aliphatic heterocycles. The van der Waals surface area contributed by atoms with Gasteiger partial charge in [-0.3, -0.25) is 4.90 Å². The summed E-state index contributed by atoms with van der Waals surface area (Å²) in [7, 11) is 0. The Hall–Kier alpha value is -0.380. The summed E-state index contributed by atoms with van der Waals surface area (Å²) in [6, 6.07) is 6.27. The predicted molar refractivity (Wildman–Crippen MR) is 92.1 cm³/mol. The number of hydrogen-bond acceptors (Lipinski definition) is 3. The van der Waals surface area contributed by atoms with E-state index in [9.17, 15) is 0 Å². The molecule has 0 bridgehead atoms. The molecule has 1 saturated heterocycles. The van der Waals surface area contributed by atoms with E-state index in [0.717, 1.165) is 18.6 Å². The van der Waals surface area contributed by atoms with Gasteiger partial charge in [-0.2, -0.15) is 0 Å². The van der Waals surface area contributed by atoms with E-state index in [1.165, 1.54) is 50.1 Å². The lowest BCUT2D eigenvalue weighted by Crippen LogP contribution is -2.44. The van der Waals surface area contributed by atoms with Crippen LogP contribution in [0.3, 0.4) is 0 Å². The molecule has 1 N–H and O–H groups in total. The third-order valence-electron chi connectivity index (χ3n) is 4.69. The molecule has 1 aromatic rings. The van der Waals surface area contributed by atoms with Crippen molar-refractivity contribution >= 4 is 11.3 Å². The Balaban J connectivity index is 1.61. The molecule has 2 aliphatic rings. The van der Waals surface area contributed by atoms with E-state index in [1.54, 1.807) is 4.88 Å². The molecule has 3 rings (SSSR count). The fourth-order valence-corrected chi connectivity index (χ4v) is 4.30. The van der Waals surface area contributed by atoms with Gasteiger partial charge in [-0.05, 0) is 49.8 Å². The first-order chi connectivity index (χ1) is 10.0. The second-order valence-electron chi connectivity index (χ2n) is 7.82. The smallest absolute Gasteiger partial charge is 0.0331 e. The van der Waals surface area contributed by atoms with E-state index < -0.39 is 0 Å². The molecule has 1 aliphatic carbocycles. The van der Waals surface area contributed by atoms with Crippen LogP contribution < -0.4 is 5.32 Å². The Bertz CT molecular complexity index is 450. The maximum absolute atomic E-state index is 3.71. The molecular formula is C18H30N2S. The molecule has 21 heavy (non-hydrogen) atoms. The van der Waals surface area contributed by atoms with Crippen molar-refractivity contribution in [2.24, 2.45) is 0 Å². The van der Waals surface area contributed by atoms with Crippen LogP contribution >= 0.6 is 11.3 Å². The summed E-state index contributed by atoms with van der Waals surface area (Å²) in [6.45, 7) is 10.6. The highest BCUT2D eigenvalue weighted by atomic mass is 32.1. The molecule has 0 spiro atoms. The van der Waals surface area contributed by atoms with Gasteiger partial charge in [0.1, 0.15) is 0 Å². The van der Waals surface area contributed by atoms with Crippen molar-refractivity contribution in [1.29, 1.82) is 0 Å². The van der Waals surface area contributed by atoms with E-state index >= 15 is 0 Å². The average Bonchev–Trinajstić information content (AvgIpc) is 3.17. The molecule has 1 aromatic heterocycles. The van der Waals surface area contributed by atoms with Gasteiger partial charge in [0.05, 0.1) is 0 Å². The van der Waals surface area contributed by atoms with Crippen molar-refractivity contribution in [2.75, 3.05) is 13.1 Å². The van der Waals surface area contributed by atoms with E-state index in [0.29, 0.717) is 0 Å². The molecular weight excluding hydrogens is 276 g/mol. The Morgan fingerprint density at radius 2 is 2.00 bits per heavy atom. The highest BCUT2D eigenvalue weighted by Gasteiger charge is 2.31. The zero-order chi connectivity index (χ0) is 14.9. The fraction of sp³-hybridized carbons (Fsp3) is 0.778. The molecule has 0 radical (unpaired) electrons. The highest BCUT2D eigenvalue weighted by Crippen LogP contribution is 2.33. The number of nitrogens with zero attached hydrogens (tertiary/aromatic N) is 1. The first kappa shape index (κ1) is 15.5. The van der Waals surface area contributed by atoms with Crippen LogP contribution in [-0.4, -0.2) is 30.1 Å². The molecule has 1 saturated carbocycles. The van der Waals surface area contributed by atoms with Gasteiger partial charge in [0, 0.05) is 34.9 Å². The molecule has 3 heteroatoms. The van der Waals surface area contributed by atoms with Gasteiger partial charge in [-0.25, -0.2) is 0 Å². The van der Waals surface area contributed by atoms with Crippen LogP contribution in [0.5, 0.6) is 0 Å². The topological polar surface area (TPSA) is 15.3 Å². The van der Waals surface area contributed by atoms with Crippen LogP contribution in [0, 0.1) is 0 Å². The van der Waals surface area contributed by atoms with Crippen molar-refractivity contribution in [3.8, 4) is 0 Å². The highest BCUT2D eigenvalue weighted by molar-refractivity contribution is 7.12. The monoisotopic (exact) mass is 306 g/mol. The molecule has 0 amide bonds. The third-order valence-corrected chi connectivity index (χ3v) is 6.19. The first-order valence-corrected chi connectivity index (χ1v) is 9.40. The second kappa shape index (κ2) is 6.39. The van der Waals surface area contributed by atoms with Crippen molar-refractivity contribution in [3.05, 3.63) is 21.9 Å². The Labute approximate surface area is 133 Å². The summed E-state index contributed by atoms with van der Waals surface area (Å²) in [5.74, 6) is 0. The standard InChI is InChI=1S/C18H30N2S/c1-18(2,3)17-10-9-16(21-17)13-20(15-7-8-15)12-14-6-4-5-11-19-14/h9-10,14-15,19H,4-8,11-13H2,1-3H3. The minimum absolute atomic E-state index is 0.290. The van der Waals surface area contributed by atoms with Crippen molar-refractivity contribution < 1.29 is 0 Å². The van der Waals surface area contributed by atoms with E-state index in [2.05, 4.69) is 43.1 Å². The number of rotatable bonds is 5. The van der Waals surface area contributed by atoms with E-state index in [4.69, 9.17) is 0 Å². The van der Waals surface area contributed by atoms with Crippen LogP contribution in [0.4, 0.5) is 0 Å². The lowest BCUT2D eigenvalue weighted by molar-refractivity contribution is 0.210. The zero-order valence-electron chi connectivity index (χ0n) is 13.8. The van der Waals surface area contributed by atoms with Crippen molar-refractivity contribution in [3.63, 3.8) is 0 Å². The summed E-state index contributed by atoms with van der Waals surface area (Å²) in [6.07, 6.45) is 6.94. The predicted octanol–water partition coefficient (Wildman–Crippen LogP) is 4.15. The van der Waals surface area contributed by atoms with Crippen LogP contribution in [0.1, 0.15) is 62.6 Å². The second-order valence-corrected chi connectivity index (χ2v) is 8.99. The van der Waals surface area contributed by atoms with Crippen LogP contribution in [0.2, 0.25) is 0 Å². The number of nitrogens with one attached hydrogen (secondary N) is 1. The molecule has 1 atom stereocenters. The van der Waals surface area contributed by atoms with Crippen LogP contribution in [-0.2, 0) is 12.0 Å². The third kappa shape index (κ3) is 4.30. The van der Waals surface area contributed by atoms with Gasteiger partial charge in [-0.1, -0.05) is 27.2 Å². The SMILES string of the molecule is CC(C)(C)c1ccc(CN(CC2CCCCN2)C2CC2)s1. The normalized spacial score (nSPS) is 23.7. The Morgan fingerprint density at radius 1 is 1.19 bits per heavy atom. The number of hydrogen-bond donors (Lipinski definition) is 1. The maximum Gasteiger partial charge on any atom is 0.0331 e. The fourth-order valence-electron chi connectivity index (χ4n) is 3.21. The molecule has 118 valence electrons. The average molecular weight is 307 g/mol. The van der Waals surface area contributed by atoms with Gasteiger partial charge in [0.2, 0.25) is 0 Å². The number of thiophene rings is 1. The maximum atomic E-state index is 3.71. The Morgan fingerprint density at radius 3 is 2.57 bits per heavy atom. The molecule has 2 fully saturated rings. The molecule has 1 unspecified atom stereocenters. The lowest BCUT2D eigenvalue weighted by Gasteiger charge is -2.30. The molecule has 2 heterocycles. The minimum Gasteiger partial charge on any atom is -0.313 e. The summed E-state index contributed by atoms with van der Waals surface area (Å²) in [5, 5.41) is 3.71. The van der Waals surface area contributed by atoms with Gasteiger partial charge < -0.3 is 5.32 Å². The lowest BCUT2D eigenvalue weighted by atomic mass is 9.95. The minimum atomic E-state index is 0.290. The van der Waals surface area contributed by atoms with Crippen LogP contribution in [0.15, 0.2) is 12.1 Å². The van der Waals surface area contributed by atoms with Gasteiger partial charge in [0.15, 0.2) is 0 Å². The first-order valence-electron chi connectivity index (χ1n) is 8.59. The summed E-state index contributed by atoms with van der Waals surface area (Å²) in [4.78, 5) is 5.80. The summed E-state index contributed by atoms with van der Waals surface area (Å²) < 4.78 is 0. The van der Waals surface area contributed by atoms with Gasteiger partial charge >= 0.3 is 0 Å². The summed E-state index contributed by atoms with van der Waals surface area (Å²) >= 11 is 2.01. The largest absolute Gasteiger partial charge is 0.313 e. The molecule has 2 nitrogen and oxygen atoms in total. The Kier molecular flexibility index (Phi) is 4.72. The quantitative estimate of drug-likeness (QED) is 0.879. The van der Waals surface area contributed by atoms with Gasteiger partial charge in [-0.15, -0.1) is 11.3 Å². The van der Waals surface area contributed by atoms with Crippen molar-refractivity contribution in [1.82, 2.24) is 10.2 Å².